The van der Waals surface area contributed by atoms with E-state index in [4.69, 9.17) is 18.6 Å². The van der Waals surface area contributed by atoms with Gasteiger partial charge >= 0.3 is 11.9 Å². The first-order valence-corrected chi connectivity index (χ1v) is 15.3. The fourth-order valence-electron chi connectivity index (χ4n) is 3.62. The van der Waals surface area contributed by atoms with Crippen LogP contribution in [0.3, 0.4) is 0 Å². The third kappa shape index (κ3) is 7.31. The van der Waals surface area contributed by atoms with Crippen LogP contribution < -0.4 is 0 Å². The Hall–Kier alpha value is -3.54. The molecule has 3 rings (SSSR count). The van der Waals surface area contributed by atoms with E-state index >= 15 is 0 Å². The van der Waals surface area contributed by atoms with Crippen LogP contribution in [-0.4, -0.2) is 68.4 Å². The lowest BCUT2D eigenvalue weighted by Crippen LogP contribution is -2.62. The summed E-state index contributed by atoms with van der Waals surface area (Å²) in [6.45, 7) is 9.45. The lowest BCUT2D eigenvalue weighted by Gasteiger charge is -2.46. The van der Waals surface area contributed by atoms with E-state index in [1.165, 1.54) is 12.1 Å². The van der Waals surface area contributed by atoms with E-state index in [1.54, 1.807) is 48.5 Å². The minimum atomic E-state index is -2.56. The number of aliphatic hydroxyl groups excluding tert-OH is 1. The molecule has 0 aliphatic carbocycles. The molecule has 2 aromatic rings. The molecule has 2 aromatic carbocycles. The number of nitrogens with zero attached hydrogens (tertiary/aromatic N) is 3. The molecule has 1 fully saturated rings. The van der Waals surface area contributed by atoms with Crippen molar-refractivity contribution in [2.75, 3.05) is 6.61 Å². The summed E-state index contributed by atoms with van der Waals surface area (Å²) in [6, 6.07) is 14.7. The van der Waals surface area contributed by atoms with Crippen molar-refractivity contribution in [2.24, 2.45) is 5.11 Å². The molecule has 0 bridgehead atoms. The van der Waals surface area contributed by atoms with Crippen molar-refractivity contribution in [1.29, 1.82) is 0 Å². The summed E-state index contributed by atoms with van der Waals surface area (Å²) in [6.07, 6.45) is -5.61. The Balaban J connectivity index is 1.90. The van der Waals surface area contributed by atoms with Gasteiger partial charge in [0.25, 0.3) is 5.78 Å². The molecule has 39 heavy (non-hydrogen) atoms. The van der Waals surface area contributed by atoms with Crippen molar-refractivity contribution in [3.05, 3.63) is 82.2 Å². The van der Waals surface area contributed by atoms with Crippen molar-refractivity contribution in [3.8, 4) is 0 Å². The Morgan fingerprint density at radius 2 is 1.59 bits per heavy atom. The van der Waals surface area contributed by atoms with E-state index in [2.05, 4.69) is 10.0 Å². The van der Waals surface area contributed by atoms with Gasteiger partial charge in [0.1, 0.15) is 31.0 Å². The first kappa shape index (κ1) is 30.0. The van der Waals surface area contributed by atoms with Crippen LogP contribution in [0.15, 0.2) is 65.8 Å². The van der Waals surface area contributed by atoms with Gasteiger partial charge in [-0.3, -0.25) is 4.79 Å². The number of benzene rings is 2. The quantitative estimate of drug-likeness (QED) is 0.0906. The smallest absolute Gasteiger partial charge is 0.380 e. The zero-order chi connectivity index (χ0) is 28.8. The lowest BCUT2D eigenvalue weighted by molar-refractivity contribution is -0.247. The minimum absolute atomic E-state index is 0.0896. The Labute approximate surface area is 227 Å². The molecule has 1 heterocycles. The number of ether oxygens (including phenoxy) is 3. The van der Waals surface area contributed by atoms with Gasteiger partial charge in [-0.2, -0.15) is 0 Å². The van der Waals surface area contributed by atoms with Crippen molar-refractivity contribution in [2.45, 2.75) is 69.5 Å². The Kier molecular flexibility index (Phi) is 9.65. The van der Waals surface area contributed by atoms with Gasteiger partial charge in [0.15, 0.2) is 14.6 Å². The molecule has 208 valence electrons. The number of esters is 2. The normalized spacial score (nSPS) is 23.3. The van der Waals surface area contributed by atoms with E-state index in [0.717, 1.165) is 0 Å². The summed E-state index contributed by atoms with van der Waals surface area (Å²) in [5.41, 5.74) is 9.67. The van der Waals surface area contributed by atoms with Crippen molar-refractivity contribution in [1.82, 2.24) is 0 Å². The molecule has 0 aromatic heterocycles. The number of Topliss-reactive ketones (excluding diaryl/α,β-unsaturated/α-hetero) is 1. The number of ketones is 1. The SMILES string of the molecule is CC(C)(C)[Si](C)(C)OC1OC(COC(=O)c2ccccc2)C(O)[C@@H](OC(=O)C(=O)c2ccccc2)C1N=[N+]=[N-]. The summed E-state index contributed by atoms with van der Waals surface area (Å²) in [4.78, 5) is 40.9. The third-order valence-corrected chi connectivity index (χ3v) is 11.3. The lowest BCUT2D eigenvalue weighted by atomic mass is 9.97. The minimum Gasteiger partial charge on any atom is -0.459 e. The van der Waals surface area contributed by atoms with Crippen LogP contribution in [0.4, 0.5) is 0 Å². The van der Waals surface area contributed by atoms with E-state index < -0.39 is 63.3 Å². The topological polar surface area (TPSA) is 157 Å². The molecule has 0 amide bonds. The molecule has 1 saturated heterocycles. The molecule has 1 N–H and O–H groups in total. The number of rotatable bonds is 9. The van der Waals surface area contributed by atoms with Gasteiger partial charge in [-0.15, -0.1) is 0 Å². The number of carbonyl (C=O) groups is 3. The molecule has 0 saturated carbocycles. The fourth-order valence-corrected chi connectivity index (χ4v) is 4.75. The summed E-state index contributed by atoms with van der Waals surface area (Å²) in [5.74, 6) is -2.85. The van der Waals surface area contributed by atoms with Gasteiger partial charge in [0.2, 0.25) is 0 Å². The molecule has 1 aliphatic heterocycles. The Morgan fingerprint density at radius 1 is 1.03 bits per heavy atom. The third-order valence-electron chi connectivity index (χ3n) is 6.90. The standard InChI is InChI=1S/C27H33N3O8Si/c1-27(2,3)39(4,5)38-26-20(29-30-28)23(37-25(34)21(31)17-12-8-6-9-13-17)22(32)19(36-26)16-35-24(33)18-14-10-7-11-15-18/h6-15,19-20,22-23,26,32H,16H2,1-5H3/t19?,20?,22?,23-,26?/m0/s1. The highest BCUT2D eigenvalue weighted by Gasteiger charge is 2.51. The van der Waals surface area contributed by atoms with Crippen LogP contribution in [0, 0.1) is 0 Å². The second-order valence-corrected chi connectivity index (χ2v) is 15.4. The van der Waals surface area contributed by atoms with Crippen LogP contribution in [0.5, 0.6) is 0 Å². The van der Waals surface area contributed by atoms with Gasteiger partial charge < -0.3 is 23.7 Å². The second-order valence-electron chi connectivity index (χ2n) is 10.6. The van der Waals surface area contributed by atoms with Gasteiger partial charge in [0.05, 0.1) is 5.56 Å². The van der Waals surface area contributed by atoms with E-state index in [-0.39, 0.29) is 10.6 Å². The first-order chi connectivity index (χ1) is 18.4. The van der Waals surface area contributed by atoms with E-state index in [0.29, 0.717) is 5.56 Å². The van der Waals surface area contributed by atoms with Crippen LogP contribution in [0.2, 0.25) is 18.1 Å². The molecule has 11 nitrogen and oxygen atoms in total. The zero-order valence-corrected chi connectivity index (χ0v) is 23.5. The maximum atomic E-state index is 12.8. The maximum Gasteiger partial charge on any atom is 0.380 e. The number of carbonyl (C=O) groups excluding carboxylic acids is 3. The van der Waals surface area contributed by atoms with Crippen molar-refractivity contribution >= 4 is 26.0 Å². The van der Waals surface area contributed by atoms with Crippen molar-refractivity contribution in [3.63, 3.8) is 0 Å². The second kappa shape index (κ2) is 12.5. The summed E-state index contributed by atoms with van der Waals surface area (Å²) in [5, 5.41) is 14.6. The van der Waals surface area contributed by atoms with Crippen LogP contribution >= 0.6 is 0 Å². The number of aliphatic hydroxyl groups is 1. The average Bonchev–Trinajstić information content (AvgIpc) is 2.90. The first-order valence-electron chi connectivity index (χ1n) is 12.4. The molecule has 1 aliphatic rings. The van der Waals surface area contributed by atoms with Crippen LogP contribution in [0.1, 0.15) is 41.5 Å². The number of hydrogen-bond acceptors (Lipinski definition) is 9. The summed E-state index contributed by atoms with van der Waals surface area (Å²) >= 11 is 0. The molecule has 12 heteroatoms. The molecule has 5 atom stereocenters. The number of azide groups is 1. The Morgan fingerprint density at radius 3 is 2.13 bits per heavy atom. The van der Waals surface area contributed by atoms with Crippen molar-refractivity contribution < 1.29 is 38.1 Å². The molecule has 0 radical (unpaired) electrons. The van der Waals surface area contributed by atoms with Gasteiger partial charge in [-0.1, -0.05) is 74.4 Å². The number of hydrogen-bond donors (Lipinski definition) is 1. The molecular formula is C27H33N3O8Si. The predicted octanol–water partition coefficient (Wildman–Crippen LogP) is 4.42. The van der Waals surface area contributed by atoms with Crippen LogP contribution in [0.25, 0.3) is 10.4 Å². The van der Waals surface area contributed by atoms with Gasteiger partial charge in [-0.05, 0) is 35.8 Å². The largest absolute Gasteiger partial charge is 0.459 e. The monoisotopic (exact) mass is 555 g/mol. The highest BCUT2D eigenvalue weighted by molar-refractivity contribution is 6.74. The van der Waals surface area contributed by atoms with Crippen LogP contribution in [-0.2, 0) is 23.4 Å². The summed E-state index contributed by atoms with van der Waals surface area (Å²) < 4.78 is 23.2. The average molecular weight is 556 g/mol. The predicted molar refractivity (Wildman–Crippen MR) is 143 cm³/mol. The Bertz CT molecular complexity index is 1210. The fraction of sp³-hybridized carbons (Fsp3) is 0.444. The molecular weight excluding hydrogens is 522 g/mol. The van der Waals surface area contributed by atoms with Gasteiger partial charge in [-0.25, -0.2) is 9.59 Å². The maximum absolute atomic E-state index is 12.8. The zero-order valence-electron chi connectivity index (χ0n) is 22.5. The summed E-state index contributed by atoms with van der Waals surface area (Å²) in [7, 11) is -2.56. The molecule has 0 spiro atoms. The van der Waals surface area contributed by atoms with E-state index in [9.17, 15) is 25.0 Å². The molecule has 4 unspecified atom stereocenters. The van der Waals surface area contributed by atoms with E-state index in [1.807, 2.05) is 33.9 Å². The highest BCUT2D eigenvalue weighted by Crippen LogP contribution is 2.40. The highest BCUT2D eigenvalue weighted by atomic mass is 28.4. The van der Waals surface area contributed by atoms with Gasteiger partial charge in [0, 0.05) is 10.5 Å².